The van der Waals surface area contributed by atoms with E-state index in [0.29, 0.717) is 13.1 Å². The molecule has 0 spiro atoms. The van der Waals surface area contributed by atoms with E-state index < -0.39 is 0 Å². The third kappa shape index (κ3) is 3.21. The predicted molar refractivity (Wildman–Crippen MR) is 81.8 cm³/mol. The van der Waals surface area contributed by atoms with Crippen LogP contribution in [0.1, 0.15) is 22.4 Å². The summed E-state index contributed by atoms with van der Waals surface area (Å²) in [6.07, 6.45) is 2.66. The van der Waals surface area contributed by atoms with E-state index in [0.717, 1.165) is 18.7 Å². The zero-order chi connectivity index (χ0) is 14.7. The average Bonchev–Trinajstić information content (AvgIpc) is 2.53. The number of amides is 2. The molecule has 0 radical (unpaired) electrons. The van der Waals surface area contributed by atoms with Gasteiger partial charge >= 0.3 is 6.03 Å². The van der Waals surface area contributed by atoms with E-state index in [1.807, 2.05) is 23.1 Å². The van der Waals surface area contributed by atoms with Gasteiger partial charge in [-0.1, -0.05) is 29.8 Å². The lowest BCUT2D eigenvalue weighted by atomic mass is 9.98. The number of benzene rings is 1. The fraction of sp³-hybridized carbons (Fsp3) is 0.294. The first-order chi connectivity index (χ1) is 10.2. The molecule has 0 atom stereocenters. The summed E-state index contributed by atoms with van der Waals surface area (Å²) in [5, 5.41) is 2.94. The second-order valence-electron chi connectivity index (χ2n) is 5.42. The maximum absolute atomic E-state index is 12.2. The molecule has 2 heterocycles. The molecule has 2 amide bonds. The Hall–Kier alpha value is -2.36. The molecule has 1 aromatic heterocycles. The highest BCUT2D eigenvalue weighted by Crippen LogP contribution is 2.20. The molecule has 0 saturated carbocycles. The Bertz CT molecular complexity index is 640. The second kappa shape index (κ2) is 5.95. The van der Waals surface area contributed by atoms with Gasteiger partial charge < -0.3 is 10.2 Å². The maximum Gasteiger partial charge on any atom is 0.318 e. The monoisotopic (exact) mass is 281 g/mol. The summed E-state index contributed by atoms with van der Waals surface area (Å²) < 4.78 is 0. The summed E-state index contributed by atoms with van der Waals surface area (Å²) >= 11 is 0. The lowest BCUT2D eigenvalue weighted by Crippen LogP contribution is -2.42. The summed E-state index contributed by atoms with van der Waals surface area (Å²) in [6, 6.07) is 12.1. The van der Waals surface area contributed by atoms with Gasteiger partial charge in [-0.05, 0) is 36.6 Å². The van der Waals surface area contributed by atoms with Crippen LogP contribution in [0, 0.1) is 6.92 Å². The molecule has 108 valence electrons. The minimum absolute atomic E-state index is 0.0214. The number of nitrogens with zero attached hydrogens (tertiary/aromatic N) is 2. The topological polar surface area (TPSA) is 45.2 Å². The maximum atomic E-state index is 12.2. The summed E-state index contributed by atoms with van der Waals surface area (Å²) in [4.78, 5) is 18.3. The zero-order valence-electron chi connectivity index (χ0n) is 12.2. The Kier molecular flexibility index (Phi) is 3.86. The van der Waals surface area contributed by atoms with E-state index in [4.69, 9.17) is 0 Å². The molecule has 0 bridgehead atoms. The zero-order valence-corrected chi connectivity index (χ0v) is 12.2. The molecule has 0 saturated heterocycles. The predicted octanol–water partition coefficient (Wildman–Crippen LogP) is 2.66. The fourth-order valence-corrected chi connectivity index (χ4v) is 2.64. The minimum Gasteiger partial charge on any atom is -0.332 e. The van der Waals surface area contributed by atoms with E-state index in [9.17, 15) is 4.79 Å². The summed E-state index contributed by atoms with van der Waals surface area (Å²) in [6.45, 7) is 4.03. The molecule has 21 heavy (non-hydrogen) atoms. The Morgan fingerprint density at radius 1 is 1.29 bits per heavy atom. The molecule has 1 N–H and O–H groups in total. The van der Waals surface area contributed by atoms with Crippen LogP contribution < -0.4 is 5.32 Å². The number of fused-ring (bicyclic) bond motifs is 1. The highest BCUT2D eigenvalue weighted by molar-refractivity contribution is 5.74. The molecule has 0 aliphatic carbocycles. The molecule has 1 aromatic carbocycles. The van der Waals surface area contributed by atoms with Crippen LogP contribution in [0.15, 0.2) is 42.6 Å². The van der Waals surface area contributed by atoms with Gasteiger partial charge in [0.25, 0.3) is 0 Å². The van der Waals surface area contributed by atoms with Gasteiger partial charge in [0.1, 0.15) is 0 Å². The van der Waals surface area contributed by atoms with Crippen LogP contribution in [-0.2, 0) is 19.5 Å². The number of carbonyl (C=O) groups excluding carboxylic acids is 1. The van der Waals surface area contributed by atoms with E-state index in [1.54, 1.807) is 6.20 Å². The van der Waals surface area contributed by atoms with Gasteiger partial charge in [-0.25, -0.2) is 4.79 Å². The van der Waals surface area contributed by atoms with Gasteiger partial charge in [0, 0.05) is 19.3 Å². The van der Waals surface area contributed by atoms with Crippen molar-refractivity contribution in [1.82, 2.24) is 15.2 Å². The molecular weight excluding hydrogens is 262 g/mol. The number of carbonyl (C=O) groups is 1. The molecule has 3 rings (SSSR count). The van der Waals surface area contributed by atoms with Crippen molar-refractivity contribution >= 4 is 6.03 Å². The molecule has 4 heteroatoms. The van der Waals surface area contributed by atoms with E-state index in [1.165, 1.54) is 16.7 Å². The van der Waals surface area contributed by atoms with Crippen LogP contribution in [0.5, 0.6) is 0 Å². The SMILES string of the molecule is Cc1ccc2c(c1)CCN(C(=O)NCc1ccccn1)C2. The number of pyridine rings is 1. The van der Waals surface area contributed by atoms with Crippen molar-refractivity contribution in [2.45, 2.75) is 26.4 Å². The number of hydrogen-bond donors (Lipinski definition) is 1. The highest BCUT2D eigenvalue weighted by atomic mass is 16.2. The summed E-state index contributed by atoms with van der Waals surface area (Å²) in [5.41, 5.74) is 4.77. The van der Waals surface area contributed by atoms with E-state index >= 15 is 0 Å². The molecule has 4 nitrogen and oxygen atoms in total. The van der Waals surface area contributed by atoms with Crippen molar-refractivity contribution in [3.63, 3.8) is 0 Å². The van der Waals surface area contributed by atoms with Gasteiger partial charge in [0.05, 0.1) is 12.2 Å². The normalized spacial score (nSPS) is 13.7. The van der Waals surface area contributed by atoms with Crippen LogP contribution in [0.4, 0.5) is 4.79 Å². The quantitative estimate of drug-likeness (QED) is 0.920. The lowest BCUT2D eigenvalue weighted by Gasteiger charge is -2.29. The Morgan fingerprint density at radius 3 is 3.00 bits per heavy atom. The van der Waals surface area contributed by atoms with Crippen LogP contribution in [0.25, 0.3) is 0 Å². The van der Waals surface area contributed by atoms with Gasteiger partial charge in [-0.15, -0.1) is 0 Å². The number of nitrogens with one attached hydrogen (secondary N) is 1. The first-order valence-corrected chi connectivity index (χ1v) is 7.23. The third-order valence-corrected chi connectivity index (χ3v) is 3.81. The average molecular weight is 281 g/mol. The van der Waals surface area contributed by atoms with Crippen molar-refractivity contribution in [3.05, 3.63) is 65.0 Å². The Labute approximate surface area is 124 Å². The smallest absolute Gasteiger partial charge is 0.318 e. The molecule has 0 fully saturated rings. The number of aromatic nitrogens is 1. The third-order valence-electron chi connectivity index (χ3n) is 3.81. The number of rotatable bonds is 2. The molecule has 0 unspecified atom stereocenters. The fourth-order valence-electron chi connectivity index (χ4n) is 2.64. The van der Waals surface area contributed by atoms with Crippen LogP contribution in [0.2, 0.25) is 0 Å². The van der Waals surface area contributed by atoms with Crippen molar-refractivity contribution in [2.24, 2.45) is 0 Å². The first-order valence-electron chi connectivity index (χ1n) is 7.23. The molecule has 1 aliphatic rings. The summed E-state index contributed by atoms with van der Waals surface area (Å²) in [7, 11) is 0. The van der Waals surface area contributed by atoms with Crippen LogP contribution >= 0.6 is 0 Å². The largest absolute Gasteiger partial charge is 0.332 e. The second-order valence-corrected chi connectivity index (χ2v) is 5.42. The van der Waals surface area contributed by atoms with Crippen LogP contribution in [-0.4, -0.2) is 22.5 Å². The lowest BCUT2D eigenvalue weighted by molar-refractivity contribution is 0.192. The standard InChI is InChI=1S/C17H19N3O/c1-13-5-6-15-12-20(9-7-14(15)10-13)17(21)19-11-16-4-2-3-8-18-16/h2-6,8,10H,7,9,11-12H2,1H3,(H,19,21). The van der Waals surface area contributed by atoms with Gasteiger partial charge in [0.2, 0.25) is 0 Å². The molecular formula is C17H19N3O. The highest BCUT2D eigenvalue weighted by Gasteiger charge is 2.20. The van der Waals surface area contributed by atoms with Crippen molar-refractivity contribution in [1.29, 1.82) is 0 Å². The Balaban J connectivity index is 1.60. The van der Waals surface area contributed by atoms with E-state index in [-0.39, 0.29) is 6.03 Å². The van der Waals surface area contributed by atoms with Crippen molar-refractivity contribution in [2.75, 3.05) is 6.54 Å². The summed E-state index contributed by atoms with van der Waals surface area (Å²) in [5.74, 6) is 0. The molecule has 1 aliphatic heterocycles. The minimum atomic E-state index is -0.0214. The molecule has 2 aromatic rings. The van der Waals surface area contributed by atoms with Gasteiger partial charge in [-0.3, -0.25) is 4.98 Å². The van der Waals surface area contributed by atoms with Crippen molar-refractivity contribution < 1.29 is 4.79 Å². The van der Waals surface area contributed by atoms with E-state index in [2.05, 4.69) is 35.4 Å². The van der Waals surface area contributed by atoms with Crippen molar-refractivity contribution in [3.8, 4) is 0 Å². The number of hydrogen-bond acceptors (Lipinski definition) is 2. The number of urea groups is 1. The van der Waals surface area contributed by atoms with Gasteiger partial charge in [0.15, 0.2) is 0 Å². The van der Waals surface area contributed by atoms with Gasteiger partial charge in [-0.2, -0.15) is 0 Å². The Morgan fingerprint density at radius 2 is 2.19 bits per heavy atom. The number of aryl methyl sites for hydroxylation is 1. The van der Waals surface area contributed by atoms with Crippen LogP contribution in [0.3, 0.4) is 0 Å². The first kappa shape index (κ1) is 13.6.